The van der Waals surface area contributed by atoms with Gasteiger partial charge in [0.2, 0.25) is 5.69 Å². The van der Waals surface area contributed by atoms with Crippen LogP contribution < -0.4 is 4.57 Å². The lowest BCUT2D eigenvalue weighted by atomic mass is 9.77. The molecule has 0 amide bonds. The quantitative estimate of drug-likeness (QED) is 0.361. The van der Waals surface area contributed by atoms with Crippen molar-refractivity contribution >= 4 is 0 Å². The predicted molar refractivity (Wildman–Crippen MR) is 126 cm³/mol. The van der Waals surface area contributed by atoms with Gasteiger partial charge in [0.05, 0.1) is 17.2 Å². The summed E-state index contributed by atoms with van der Waals surface area (Å²) < 4.78 is 2.20. The Morgan fingerprint density at radius 2 is 1.58 bits per heavy atom. The summed E-state index contributed by atoms with van der Waals surface area (Å²) in [6.45, 7) is 6.80. The van der Waals surface area contributed by atoms with E-state index in [0.29, 0.717) is 5.56 Å². The van der Waals surface area contributed by atoms with Gasteiger partial charge in [0.15, 0.2) is 6.20 Å². The van der Waals surface area contributed by atoms with Crippen molar-refractivity contribution in [1.29, 1.82) is 5.26 Å². The highest BCUT2D eigenvalue weighted by Gasteiger charge is 2.41. The number of rotatable bonds is 2. The number of fused-ring (bicyclic) bond motifs is 3. The Morgan fingerprint density at radius 1 is 0.839 bits per heavy atom. The third-order valence-corrected chi connectivity index (χ3v) is 6.64. The van der Waals surface area contributed by atoms with Crippen molar-refractivity contribution in [2.45, 2.75) is 26.2 Å². The van der Waals surface area contributed by atoms with Gasteiger partial charge in [-0.3, -0.25) is 0 Å². The van der Waals surface area contributed by atoms with E-state index < -0.39 is 0 Å². The van der Waals surface area contributed by atoms with Crippen molar-refractivity contribution in [2.24, 2.45) is 7.05 Å². The number of nitriles is 1. The third-order valence-electron chi connectivity index (χ3n) is 6.64. The molecule has 0 spiro atoms. The maximum atomic E-state index is 9.55. The van der Waals surface area contributed by atoms with Crippen LogP contribution in [-0.4, -0.2) is 0 Å². The lowest BCUT2D eigenvalue weighted by Crippen LogP contribution is -2.31. The van der Waals surface area contributed by atoms with E-state index in [1.807, 2.05) is 6.07 Å². The van der Waals surface area contributed by atoms with Gasteiger partial charge in [-0.1, -0.05) is 50.2 Å². The molecule has 0 saturated carbocycles. The van der Waals surface area contributed by atoms with Gasteiger partial charge in [0.25, 0.3) is 0 Å². The summed E-state index contributed by atoms with van der Waals surface area (Å²) in [5.74, 6) is 0. The summed E-state index contributed by atoms with van der Waals surface area (Å²) in [7, 11) is 2.11. The Morgan fingerprint density at radius 3 is 2.29 bits per heavy atom. The van der Waals surface area contributed by atoms with Crippen LogP contribution in [0.2, 0.25) is 0 Å². The summed E-state index contributed by atoms with van der Waals surface area (Å²) in [5.41, 5.74) is 11.8. The molecule has 5 rings (SSSR count). The highest BCUT2D eigenvalue weighted by atomic mass is 14.9. The third kappa shape index (κ3) is 2.81. The Bertz CT molecular complexity index is 1370. The second-order valence-corrected chi connectivity index (χ2v) is 8.93. The molecule has 0 bridgehead atoms. The van der Waals surface area contributed by atoms with Crippen LogP contribution >= 0.6 is 0 Å². The highest BCUT2D eigenvalue weighted by molar-refractivity contribution is 5.97. The molecule has 0 atom stereocenters. The zero-order valence-corrected chi connectivity index (χ0v) is 18.4. The van der Waals surface area contributed by atoms with Crippen LogP contribution in [0.1, 0.15) is 36.1 Å². The number of aryl methyl sites for hydroxylation is 2. The minimum atomic E-state index is -0.217. The molecule has 3 aromatic carbocycles. The molecule has 1 aromatic heterocycles. The van der Waals surface area contributed by atoms with E-state index in [0.717, 1.165) is 0 Å². The average Bonchev–Trinajstić information content (AvgIpc) is 3.01. The summed E-state index contributed by atoms with van der Waals surface area (Å²) in [5, 5.41) is 9.55. The largest absolute Gasteiger partial charge is 0.212 e. The van der Waals surface area contributed by atoms with E-state index in [4.69, 9.17) is 0 Å². The molecule has 0 aliphatic heterocycles. The second-order valence-electron chi connectivity index (χ2n) is 8.93. The van der Waals surface area contributed by atoms with Gasteiger partial charge in [-0.05, 0) is 70.1 Å². The monoisotopic (exact) mass is 401 g/mol. The molecule has 0 unspecified atom stereocenters. The maximum absolute atomic E-state index is 9.55. The topological polar surface area (TPSA) is 27.7 Å². The molecule has 2 nitrogen and oxygen atoms in total. The van der Waals surface area contributed by atoms with Crippen LogP contribution in [0.5, 0.6) is 0 Å². The number of aromatic nitrogens is 1. The van der Waals surface area contributed by atoms with Gasteiger partial charge in [-0.15, -0.1) is 0 Å². The van der Waals surface area contributed by atoms with Gasteiger partial charge in [0, 0.05) is 17.5 Å². The fourth-order valence-electron chi connectivity index (χ4n) is 5.16. The normalized spacial score (nSPS) is 13.4. The number of hydrogen-bond acceptors (Lipinski definition) is 1. The van der Waals surface area contributed by atoms with Crippen LogP contribution in [-0.2, 0) is 12.5 Å². The maximum Gasteiger partial charge on any atom is 0.212 e. The molecule has 150 valence electrons. The fraction of sp³-hybridized carbons (Fsp3) is 0.172. The molecule has 0 N–H and O–H groups in total. The number of hydrogen-bond donors (Lipinski definition) is 0. The summed E-state index contributed by atoms with van der Waals surface area (Å²) in [4.78, 5) is 0. The van der Waals surface area contributed by atoms with Gasteiger partial charge in [-0.2, -0.15) is 5.26 Å². The molecule has 1 aliphatic carbocycles. The van der Waals surface area contributed by atoms with Crippen LogP contribution in [0.3, 0.4) is 0 Å². The van der Waals surface area contributed by atoms with Crippen LogP contribution in [0, 0.1) is 18.3 Å². The molecule has 0 fully saturated rings. The molecule has 31 heavy (non-hydrogen) atoms. The van der Waals surface area contributed by atoms with Gasteiger partial charge >= 0.3 is 0 Å². The highest BCUT2D eigenvalue weighted by Crippen LogP contribution is 2.56. The van der Waals surface area contributed by atoms with Crippen molar-refractivity contribution in [3.05, 3.63) is 101 Å². The summed E-state index contributed by atoms with van der Waals surface area (Å²) >= 11 is 0. The Balaban J connectivity index is 1.95. The SMILES string of the molecule is Cc1cc(-c2ccccc2)c2c(c1-c1cccc[n+]1C)C(C)(C)c1cc(C#N)ccc1-2. The first-order chi connectivity index (χ1) is 14.9. The molecule has 0 radical (unpaired) electrons. The number of pyridine rings is 1. The first-order valence-electron chi connectivity index (χ1n) is 10.7. The summed E-state index contributed by atoms with van der Waals surface area (Å²) in [6, 6.07) is 27.8. The van der Waals surface area contributed by atoms with Gasteiger partial charge < -0.3 is 0 Å². The lowest BCUT2D eigenvalue weighted by molar-refractivity contribution is -0.660. The molecule has 1 heterocycles. The lowest BCUT2D eigenvalue weighted by Gasteiger charge is -2.25. The average molecular weight is 402 g/mol. The number of benzene rings is 3. The van der Waals surface area contributed by atoms with E-state index in [1.54, 1.807) is 0 Å². The smallest absolute Gasteiger partial charge is 0.201 e. The van der Waals surface area contributed by atoms with E-state index in [9.17, 15) is 5.26 Å². The molecule has 1 aliphatic rings. The van der Waals surface area contributed by atoms with Gasteiger partial charge in [0.1, 0.15) is 7.05 Å². The van der Waals surface area contributed by atoms with E-state index in [2.05, 4.69) is 111 Å². The fourth-order valence-corrected chi connectivity index (χ4v) is 5.16. The second kappa shape index (κ2) is 6.93. The molecular formula is C29H25N2+. The first-order valence-corrected chi connectivity index (χ1v) is 10.7. The molecule has 2 heteroatoms. The Hall–Kier alpha value is -3.70. The van der Waals surface area contributed by atoms with Crippen molar-refractivity contribution in [3.8, 4) is 39.6 Å². The van der Waals surface area contributed by atoms with Crippen LogP contribution in [0.4, 0.5) is 0 Å². The Labute approximate surface area is 184 Å². The Kier molecular flexibility index (Phi) is 4.31. The summed E-state index contributed by atoms with van der Waals surface area (Å²) in [6.07, 6.45) is 2.11. The van der Waals surface area contributed by atoms with Crippen molar-refractivity contribution in [3.63, 3.8) is 0 Å². The predicted octanol–water partition coefficient (Wildman–Crippen LogP) is 6.33. The minimum absolute atomic E-state index is 0.217. The van der Waals surface area contributed by atoms with Gasteiger partial charge in [-0.25, -0.2) is 4.57 Å². The molecule has 0 saturated heterocycles. The van der Waals surface area contributed by atoms with Crippen molar-refractivity contribution in [2.75, 3.05) is 0 Å². The first kappa shape index (κ1) is 19.3. The zero-order valence-electron chi connectivity index (χ0n) is 18.4. The van der Waals surface area contributed by atoms with Crippen molar-refractivity contribution in [1.82, 2.24) is 0 Å². The molecular weight excluding hydrogens is 376 g/mol. The minimum Gasteiger partial charge on any atom is -0.201 e. The van der Waals surface area contributed by atoms with Crippen molar-refractivity contribution < 1.29 is 4.57 Å². The zero-order chi connectivity index (χ0) is 21.8. The molecule has 4 aromatic rings. The van der Waals surface area contributed by atoms with E-state index in [-0.39, 0.29) is 5.41 Å². The van der Waals surface area contributed by atoms with E-state index in [1.165, 1.54) is 50.2 Å². The van der Waals surface area contributed by atoms with Crippen LogP contribution in [0.25, 0.3) is 33.5 Å². The van der Waals surface area contributed by atoms with Crippen LogP contribution in [0.15, 0.2) is 79.0 Å². The number of nitrogens with zero attached hydrogens (tertiary/aromatic N) is 2. The standard InChI is InChI=1S/C29H25N2/c1-19-16-23(21-10-6-5-7-11-21)27-22-14-13-20(18-30)17-24(22)29(2,3)28(27)26(19)25-12-8-9-15-31(25)4/h5-17H,1-4H3/q+1. The van der Waals surface area contributed by atoms with E-state index >= 15 is 0 Å².